The number of aryl methyl sites for hydroxylation is 1. The van der Waals surface area contributed by atoms with E-state index in [1.807, 2.05) is 48.5 Å². The van der Waals surface area contributed by atoms with Crippen molar-refractivity contribution in [2.75, 3.05) is 11.9 Å². The van der Waals surface area contributed by atoms with Crippen LogP contribution in [0.15, 0.2) is 77.9 Å². The van der Waals surface area contributed by atoms with Gasteiger partial charge in [-0.2, -0.15) is 5.10 Å². The molecule has 46 heavy (non-hydrogen) atoms. The number of halogens is 1. The highest BCUT2D eigenvalue weighted by molar-refractivity contribution is 7.17. The van der Waals surface area contributed by atoms with Gasteiger partial charge in [0.2, 0.25) is 0 Å². The average Bonchev–Trinajstić information content (AvgIpc) is 3.43. The van der Waals surface area contributed by atoms with Crippen molar-refractivity contribution >= 4 is 51.9 Å². The molecule has 0 saturated heterocycles. The Morgan fingerprint density at radius 1 is 0.957 bits per heavy atom. The van der Waals surface area contributed by atoms with E-state index in [0.717, 1.165) is 47.3 Å². The summed E-state index contributed by atoms with van der Waals surface area (Å²) in [5.41, 5.74) is 6.10. The second-order valence-corrected chi connectivity index (χ2v) is 12.1. The average molecular weight is 660 g/mol. The van der Waals surface area contributed by atoms with Gasteiger partial charge in [0.1, 0.15) is 23.1 Å². The maximum absolute atomic E-state index is 13.1. The van der Waals surface area contributed by atoms with Crippen LogP contribution in [0.5, 0.6) is 11.5 Å². The van der Waals surface area contributed by atoms with Gasteiger partial charge in [-0.3, -0.25) is 9.59 Å². The van der Waals surface area contributed by atoms with Crippen LogP contribution in [0.3, 0.4) is 0 Å². The molecule has 1 heterocycles. The second-order valence-electron chi connectivity index (χ2n) is 10.6. The van der Waals surface area contributed by atoms with Crippen molar-refractivity contribution < 1.29 is 28.6 Å². The number of ether oxygens (including phenoxy) is 3. The summed E-state index contributed by atoms with van der Waals surface area (Å²) in [5.74, 6) is -0.0816. The van der Waals surface area contributed by atoms with Gasteiger partial charge in [-0.15, -0.1) is 11.3 Å². The zero-order chi connectivity index (χ0) is 32.5. The smallest absolute Gasteiger partial charge is 0.341 e. The first-order valence-electron chi connectivity index (χ1n) is 15.0. The molecule has 0 aliphatic heterocycles. The Bertz CT molecular complexity index is 1700. The lowest BCUT2D eigenvalue weighted by Crippen LogP contribution is -2.33. The van der Waals surface area contributed by atoms with Crippen molar-refractivity contribution in [2.45, 2.75) is 52.2 Å². The first-order chi connectivity index (χ1) is 22.3. The summed E-state index contributed by atoms with van der Waals surface area (Å²) in [4.78, 5) is 39.4. The van der Waals surface area contributed by atoms with Crippen molar-refractivity contribution in [2.24, 2.45) is 5.10 Å². The van der Waals surface area contributed by atoms with Gasteiger partial charge in [0.05, 0.1) is 18.4 Å². The molecule has 5 rings (SSSR count). The molecule has 1 aliphatic rings. The number of benzene rings is 3. The molecule has 11 heteroatoms. The summed E-state index contributed by atoms with van der Waals surface area (Å²) in [6.07, 6.45) is 4.44. The van der Waals surface area contributed by atoms with Gasteiger partial charge in [0.25, 0.3) is 11.8 Å². The Labute approximate surface area is 276 Å². The third kappa shape index (κ3) is 8.52. The molecule has 0 fully saturated rings. The van der Waals surface area contributed by atoms with Gasteiger partial charge < -0.3 is 19.5 Å². The second kappa shape index (κ2) is 15.6. The van der Waals surface area contributed by atoms with Crippen LogP contribution in [0.1, 0.15) is 69.0 Å². The first-order valence-corrected chi connectivity index (χ1v) is 16.2. The van der Waals surface area contributed by atoms with Crippen LogP contribution < -0.4 is 20.2 Å². The minimum Gasteiger partial charge on any atom is -0.489 e. The molecule has 9 nitrogen and oxygen atoms in total. The van der Waals surface area contributed by atoms with E-state index in [2.05, 4.69) is 15.8 Å². The van der Waals surface area contributed by atoms with E-state index in [1.54, 1.807) is 38.1 Å². The fourth-order valence-electron chi connectivity index (χ4n) is 4.85. The predicted octanol–water partition coefficient (Wildman–Crippen LogP) is 7.21. The monoisotopic (exact) mass is 659 g/mol. The lowest BCUT2D eigenvalue weighted by atomic mass is 9.95. The van der Waals surface area contributed by atoms with Gasteiger partial charge in [-0.05, 0) is 117 Å². The minimum absolute atomic E-state index is 0.262. The van der Waals surface area contributed by atoms with Crippen LogP contribution in [-0.4, -0.2) is 36.7 Å². The summed E-state index contributed by atoms with van der Waals surface area (Å²) in [6.45, 7) is 4.05. The van der Waals surface area contributed by atoms with E-state index in [-0.39, 0.29) is 12.5 Å². The third-order valence-electron chi connectivity index (χ3n) is 7.26. The maximum atomic E-state index is 13.1. The number of nitrogens with zero attached hydrogens (tertiary/aromatic N) is 1. The highest BCUT2D eigenvalue weighted by atomic mass is 35.5. The largest absolute Gasteiger partial charge is 0.489 e. The number of nitrogens with one attached hydrogen (secondary N) is 2. The molecule has 238 valence electrons. The molecule has 3 aromatic carbocycles. The topological polar surface area (TPSA) is 115 Å². The van der Waals surface area contributed by atoms with Crippen LogP contribution >= 0.6 is 22.9 Å². The number of amides is 2. The predicted molar refractivity (Wildman–Crippen MR) is 179 cm³/mol. The molecular formula is C35H34ClN3O6S. The lowest BCUT2D eigenvalue weighted by Gasteiger charge is -2.13. The molecule has 1 aliphatic carbocycles. The van der Waals surface area contributed by atoms with Crippen LogP contribution in [0, 0.1) is 0 Å². The van der Waals surface area contributed by atoms with Crippen molar-refractivity contribution in [1.29, 1.82) is 0 Å². The van der Waals surface area contributed by atoms with Crippen LogP contribution in [0.25, 0.3) is 0 Å². The molecule has 1 aromatic heterocycles. The van der Waals surface area contributed by atoms with Crippen molar-refractivity contribution in [3.63, 3.8) is 0 Å². The van der Waals surface area contributed by atoms with E-state index in [9.17, 15) is 14.4 Å². The molecule has 2 N–H and O–H groups in total. The molecule has 0 spiro atoms. The fraction of sp³-hybridized carbons (Fsp3) is 0.257. The quantitative estimate of drug-likeness (QED) is 0.0944. The van der Waals surface area contributed by atoms with Crippen LogP contribution in [-0.2, 0) is 29.0 Å². The lowest BCUT2D eigenvalue weighted by molar-refractivity contribution is -0.127. The summed E-state index contributed by atoms with van der Waals surface area (Å²) in [5, 5.41) is 8.12. The molecule has 1 unspecified atom stereocenters. The number of anilines is 1. The molecule has 0 bridgehead atoms. The normalized spacial score (nSPS) is 13.0. The SMILES string of the molecule is CCOC(=O)c1c(NC(=O)c2ccc(OC(C)C(=O)N/N=C/c3ccc(OCc4ccc(Cl)cc4)cc3)cc2)sc2c1CCCC2. The minimum atomic E-state index is -0.843. The summed E-state index contributed by atoms with van der Waals surface area (Å²) in [7, 11) is 0. The highest BCUT2D eigenvalue weighted by Crippen LogP contribution is 2.39. The number of hydrogen-bond acceptors (Lipinski definition) is 8. The molecule has 2 amide bonds. The van der Waals surface area contributed by atoms with E-state index in [4.69, 9.17) is 25.8 Å². The van der Waals surface area contributed by atoms with Gasteiger partial charge in [-0.25, -0.2) is 10.2 Å². The number of carbonyl (C=O) groups excluding carboxylic acids is 3. The number of hydrogen-bond donors (Lipinski definition) is 2. The zero-order valence-corrected chi connectivity index (χ0v) is 27.1. The summed E-state index contributed by atoms with van der Waals surface area (Å²) in [6, 6.07) is 21.2. The van der Waals surface area contributed by atoms with E-state index in [1.165, 1.54) is 17.6 Å². The number of thiophene rings is 1. The number of fused-ring (bicyclic) bond motifs is 1. The van der Waals surface area contributed by atoms with Crippen LogP contribution in [0.4, 0.5) is 5.00 Å². The van der Waals surface area contributed by atoms with Gasteiger partial charge >= 0.3 is 5.97 Å². The molecule has 0 radical (unpaired) electrons. The van der Waals surface area contributed by atoms with Crippen molar-refractivity contribution in [1.82, 2.24) is 5.43 Å². The molecule has 4 aromatic rings. The first kappa shape index (κ1) is 32.7. The maximum Gasteiger partial charge on any atom is 0.341 e. The summed E-state index contributed by atoms with van der Waals surface area (Å²) < 4.78 is 16.8. The van der Waals surface area contributed by atoms with E-state index >= 15 is 0 Å². The van der Waals surface area contributed by atoms with Gasteiger partial charge in [0, 0.05) is 15.5 Å². The Balaban J connectivity index is 1.10. The van der Waals surface area contributed by atoms with Crippen LogP contribution in [0.2, 0.25) is 5.02 Å². The Morgan fingerprint density at radius 2 is 1.65 bits per heavy atom. The number of carbonyl (C=O) groups is 3. The Kier molecular flexibility index (Phi) is 11.1. The molecule has 1 atom stereocenters. The molecule has 0 saturated carbocycles. The van der Waals surface area contributed by atoms with E-state index < -0.39 is 18.0 Å². The van der Waals surface area contributed by atoms with Crippen molar-refractivity contribution in [3.8, 4) is 11.5 Å². The Hall–Kier alpha value is -4.67. The zero-order valence-electron chi connectivity index (χ0n) is 25.5. The van der Waals surface area contributed by atoms with Crippen molar-refractivity contribution in [3.05, 3.63) is 111 Å². The van der Waals surface area contributed by atoms with Gasteiger partial charge in [0.15, 0.2) is 6.10 Å². The fourth-order valence-corrected chi connectivity index (χ4v) is 6.25. The number of rotatable bonds is 12. The highest BCUT2D eigenvalue weighted by Gasteiger charge is 2.27. The molecular weight excluding hydrogens is 626 g/mol. The Morgan fingerprint density at radius 3 is 2.37 bits per heavy atom. The summed E-state index contributed by atoms with van der Waals surface area (Å²) >= 11 is 7.36. The number of esters is 1. The van der Waals surface area contributed by atoms with Gasteiger partial charge in [-0.1, -0.05) is 23.7 Å². The standard InChI is InChI=1S/C35H34ClN3O6S/c1-3-43-35(42)31-29-6-4-5-7-30(29)46-34(31)38-33(41)25-12-18-28(19-13-25)45-22(2)32(40)39-37-20-23-10-16-27(17-11-23)44-21-24-8-14-26(36)15-9-24/h8-20,22H,3-7,21H2,1-2H3,(H,38,41)(H,39,40)/b37-20+. The third-order valence-corrected chi connectivity index (χ3v) is 8.72. The number of hydrazone groups is 1. The van der Waals surface area contributed by atoms with E-state index in [0.29, 0.717) is 39.3 Å².